The molecule has 1 heterocycles. The van der Waals surface area contributed by atoms with E-state index < -0.39 is 5.82 Å². The summed E-state index contributed by atoms with van der Waals surface area (Å²) in [5.74, 6) is 0.844. The van der Waals surface area contributed by atoms with Crippen LogP contribution in [0.5, 0.6) is 17.4 Å². The molecule has 0 fully saturated rings. The molecule has 1 aromatic heterocycles. The zero-order valence-corrected chi connectivity index (χ0v) is 11.0. The van der Waals surface area contributed by atoms with Gasteiger partial charge in [-0.15, -0.1) is 0 Å². The van der Waals surface area contributed by atoms with Crippen LogP contribution in [0.4, 0.5) is 10.2 Å². The van der Waals surface area contributed by atoms with Crippen molar-refractivity contribution in [2.24, 2.45) is 0 Å². The van der Waals surface area contributed by atoms with Crippen LogP contribution in [-0.2, 0) is 0 Å². The second kappa shape index (κ2) is 5.71. The first kappa shape index (κ1) is 13.4. The van der Waals surface area contributed by atoms with Gasteiger partial charge < -0.3 is 14.8 Å². The Kier molecular flexibility index (Phi) is 4.01. The summed E-state index contributed by atoms with van der Waals surface area (Å²) in [6, 6.07) is 3.82. The number of nitrogens with one attached hydrogen (secondary N) is 1. The molecule has 0 spiro atoms. The molecule has 100 valence electrons. The van der Waals surface area contributed by atoms with Crippen LogP contribution in [-0.4, -0.2) is 24.1 Å². The predicted octanol–water partition coefficient (Wildman–Crippen LogP) is 3.11. The Balaban J connectivity index is 2.37. The van der Waals surface area contributed by atoms with Crippen LogP contribution < -0.4 is 14.8 Å². The minimum Gasteiger partial charge on any atom is -0.489 e. The van der Waals surface area contributed by atoms with Gasteiger partial charge >= 0.3 is 0 Å². The Bertz CT molecular complexity index is 595. The molecular formula is C12H11ClFN3O2. The van der Waals surface area contributed by atoms with E-state index in [9.17, 15) is 4.39 Å². The number of rotatable bonds is 4. The normalized spacial score (nSPS) is 10.1. The van der Waals surface area contributed by atoms with Gasteiger partial charge in [0.2, 0.25) is 5.75 Å². The summed E-state index contributed by atoms with van der Waals surface area (Å²) in [4.78, 5) is 7.95. The minimum absolute atomic E-state index is 0.145. The minimum atomic E-state index is -0.442. The molecule has 0 amide bonds. The lowest BCUT2D eigenvalue weighted by Crippen LogP contribution is -2.01. The van der Waals surface area contributed by atoms with Crippen molar-refractivity contribution in [2.45, 2.75) is 0 Å². The molecule has 19 heavy (non-hydrogen) atoms. The zero-order chi connectivity index (χ0) is 13.8. The number of anilines is 1. The SMILES string of the molecule is CNc1ncnc(Oc2ccc(F)cc2Cl)c1OC. The zero-order valence-electron chi connectivity index (χ0n) is 10.3. The van der Waals surface area contributed by atoms with Crippen molar-refractivity contribution in [1.82, 2.24) is 9.97 Å². The lowest BCUT2D eigenvalue weighted by molar-refractivity contribution is 0.369. The van der Waals surface area contributed by atoms with Crippen LogP contribution in [0.2, 0.25) is 5.02 Å². The number of hydrogen-bond acceptors (Lipinski definition) is 5. The van der Waals surface area contributed by atoms with Gasteiger partial charge in [-0.3, -0.25) is 0 Å². The summed E-state index contributed by atoms with van der Waals surface area (Å²) in [5, 5.41) is 2.99. The third-order valence-electron chi connectivity index (χ3n) is 2.31. The number of halogens is 2. The fraction of sp³-hybridized carbons (Fsp3) is 0.167. The number of nitrogens with zero attached hydrogens (tertiary/aromatic N) is 2. The number of ether oxygens (including phenoxy) is 2. The van der Waals surface area contributed by atoms with Gasteiger partial charge in [0, 0.05) is 7.05 Å². The maximum Gasteiger partial charge on any atom is 0.268 e. The smallest absolute Gasteiger partial charge is 0.268 e. The summed E-state index contributed by atoms with van der Waals surface area (Å²) >= 11 is 5.88. The summed E-state index contributed by atoms with van der Waals surface area (Å²) in [6.45, 7) is 0. The highest BCUT2D eigenvalue weighted by Crippen LogP contribution is 2.36. The molecule has 5 nitrogen and oxygen atoms in total. The highest BCUT2D eigenvalue weighted by molar-refractivity contribution is 6.32. The van der Waals surface area contributed by atoms with E-state index in [0.717, 1.165) is 6.07 Å². The molecule has 1 N–H and O–H groups in total. The molecule has 0 saturated heterocycles. The summed E-state index contributed by atoms with van der Waals surface area (Å²) < 4.78 is 23.6. The van der Waals surface area contributed by atoms with Gasteiger partial charge in [0.1, 0.15) is 17.9 Å². The van der Waals surface area contributed by atoms with Crippen molar-refractivity contribution in [3.05, 3.63) is 35.4 Å². The van der Waals surface area contributed by atoms with Crippen LogP contribution in [0.15, 0.2) is 24.5 Å². The molecule has 0 bridgehead atoms. The molecule has 1 aromatic carbocycles. The molecule has 2 rings (SSSR count). The quantitative estimate of drug-likeness (QED) is 0.934. The maximum atomic E-state index is 13.0. The highest BCUT2D eigenvalue weighted by atomic mass is 35.5. The molecule has 0 aliphatic carbocycles. The fourth-order valence-corrected chi connectivity index (χ4v) is 1.66. The van der Waals surface area contributed by atoms with E-state index in [-0.39, 0.29) is 16.7 Å². The molecule has 2 aromatic rings. The lowest BCUT2D eigenvalue weighted by atomic mass is 10.3. The average Bonchev–Trinajstić information content (AvgIpc) is 2.41. The Labute approximate surface area is 114 Å². The maximum absolute atomic E-state index is 13.0. The molecule has 0 aliphatic rings. The summed E-state index contributed by atoms with van der Waals surface area (Å²) in [7, 11) is 3.16. The van der Waals surface area contributed by atoms with Gasteiger partial charge in [0.05, 0.1) is 12.1 Å². The van der Waals surface area contributed by atoms with E-state index in [1.807, 2.05) is 0 Å². The van der Waals surface area contributed by atoms with E-state index in [1.54, 1.807) is 7.05 Å². The summed E-state index contributed by atoms with van der Waals surface area (Å²) in [6.07, 6.45) is 1.32. The number of aromatic nitrogens is 2. The number of hydrogen-bond donors (Lipinski definition) is 1. The number of methoxy groups -OCH3 is 1. The largest absolute Gasteiger partial charge is 0.489 e. The van der Waals surface area contributed by atoms with E-state index in [2.05, 4.69) is 15.3 Å². The van der Waals surface area contributed by atoms with Gasteiger partial charge in [0.25, 0.3) is 5.88 Å². The van der Waals surface area contributed by atoms with Crippen molar-refractivity contribution >= 4 is 17.4 Å². The van der Waals surface area contributed by atoms with Crippen LogP contribution >= 0.6 is 11.6 Å². The van der Waals surface area contributed by atoms with Crippen LogP contribution in [0.25, 0.3) is 0 Å². The van der Waals surface area contributed by atoms with Gasteiger partial charge in [-0.05, 0) is 18.2 Å². The predicted molar refractivity (Wildman–Crippen MR) is 69.6 cm³/mol. The Morgan fingerprint density at radius 1 is 1.32 bits per heavy atom. The molecule has 0 saturated carbocycles. The topological polar surface area (TPSA) is 56.3 Å². The third kappa shape index (κ3) is 2.85. The highest BCUT2D eigenvalue weighted by Gasteiger charge is 2.14. The van der Waals surface area contributed by atoms with Crippen LogP contribution in [0, 0.1) is 5.82 Å². The number of benzene rings is 1. The molecule has 0 radical (unpaired) electrons. The van der Waals surface area contributed by atoms with Crippen LogP contribution in [0.3, 0.4) is 0 Å². The third-order valence-corrected chi connectivity index (χ3v) is 2.61. The Hall–Kier alpha value is -2.08. The average molecular weight is 284 g/mol. The molecule has 0 atom stereocenters. The Morgan fingerprint density at radius 3 is 2.74 bits per heavy atom. The van der Waals surface area contributed by atoms with Crippen LogP contribution in [0.1, 0.15) is 0 Å². The van der Waals surface area contributed by atoms with Crippen molar-refractivity contribution < 1.29 is 13.9 Å². The van der Waals surface area contributed by atoms with E-state index in [4.69, 9.17) is 21.1 Å². The fourth-order valence-electron chi connectivity index (χ4n) is 1.45. The first-order valence-electron chi connectivity index (χ1n) is 5.35. The molecule has 0 aliphatic heterocycles. The first-order chi connectivity index (χ1) is 9.15. The first-order valence-corrected chi connectivity index (χ1v) is 5.73. The van der Waals surface area contributed by atoms with Gasteiger partial charge in [-0.1, -0.05) is 11.6 Å². The van der Waals surface area contributed by atoms with Crippen molar-refractivity contribution in [3.8, 4) is 17.4 Å². The van der Waals surface area contributed by atoms with Crippen molar-refractivity contribution in [1.29, 1.82) is 0 Å². The standard InChI is InChI=1S/C12H11ClFN3O2/c1-15-11-10(18-2)12(17-6-16-11)19-9-4-3-7(14)5-8(9)13/h3-6H,1-2H3,(H,15,16,17). The second-order valence-corrected chi connectivity index (χ2v) is 3.89. The van der Waals surface area contributed by atoms with E-state index in [0.29, 0.717) is 11.6 Å². The second-order valence-electron chi connectivity index (χ2n) is 3.49. The molecule has 0 unspecified atom stereocenters. The molecule has 7 heteroatoms. The van der Waals surface area contributed by atoms with Crippen molar-refractivity contribution in [2.75, 3.05) is 19.5 Å². The monoisotopic (exact) mass is 283 g/mol. The van der Waals surface area contributed by atoms with E-state index >= 15 is 0 Å². The van der Waals surface area contributed by atoms with Gasteiger partial charge in [0.15, 0.2) is 5.82 Å². The Morgan fingerprint density at radius 2 is 2.11 bits per heavy atom. The van der Waals surface area contributed by atoms with Gasteiger partial charge in [-0.2, -0.15) is 4.98 Å². The lowest BCUT2D eigenvalue weighted by Gasteiger charge is -2.12. The van der Waals surface area contributed by atoms with Gasteiger partial charge in [-0.25, -0.2) is 9.37 Å². The van der Waals surface area contributed by atoms with Crippen molar-refractivity contribution in [3.63, 3.8) is 0 Å². The summed E-state index contributed by atoms with van der Waals surface area (Å²) in [5.41, 5.74) is 0. The van der Waals surface area contributed by atoms with E-state index in [1.165, 1.54) is 25.6 Å². The molecular weight excluding hydrogens is 273 g/mol.